The molecule has 3 atom stereocenters. The number of fused-ring (bicyclic) bond motifs is 3. The van der Waals surface area contributed by atoms with Crippen molar-refractivity contribution in [2.45, 2.75) is 32.6 Å². The molecule has 0 radical (unpaired) electrons. The Labute approximate surface area is 229 Å². The van der Waals surface area contributed by atoms with E-state index in [0.717, 1.165) is 16.7 Å². The third-order valence-corrected chi connectivity index (χ3v) is 7.12. The van der Waals surface area contributed by atoms with Crippen LogP contribution in [0, 0.1) is 5.92 Å². The van der Waals surface area contributed by atoms with Crippen molar-refractivity contribution >= 4 is 12.0 Å². The lowest BCUT2D eigenvalue weighted by molar-refractivity contribution is -0.0205. The Morgan fingerprint density at radius 1 is 1.03 bits per heavy atom. The van der Waals surface area contributed by atoms with Gasteiger partial charge in [-0.05, 0) is 53.9 Å². The summed E-state index contributed by atoms with van der Waals surface area (Å²) in [5.74, 6) is 0.768. The van der Waals surface area contributed by atoms with Crippen molar-refractivity contribution in [2.24, 2.45) is 5.92 Å². The maximum absolute atomic E-state index is 13.9. The van der Waals surface area contributed by atoms with Crippen molar-refractivity contribution in [2.75, 3.05) is 33.9 Å². The number of benzene rings is 3. The molecule has 4 rings (SSSR count). The SMILES string of the molecule is COc1ccc(OC(=O)N(C)C[C@H]2OCc3ccccc3-c3ccccc3C(=O)N([C@@H](C)CO)C[C@@H]2C)cc1. The Balaban J connectivity index is 1.62. The molecule has 0 fully saturated rings. The summed E-state index contributed by atoms with van der Waals surface area (Å²) in [5, 5.41) is 10.00. The Hall–Kier alpha value is -3.88. The van der Waals surface area contributed by atoms with Gasteiger partial charge in [0.15, 0.2) is 0 Å². The number of likely N-dealkylation sites (N-methyl/N-ethyl adjacent to an activating group) is 1. The highest BCUT2D eigenvalue weighted by molar-refractivity contribution is 6.01. The van der Waals surface area contributed by atoms with Crippen LogP contribution in [0.2, 0.25) is 0 Å². The number of amides is 2. The third-order valence-electron chi connectivity index (χ3n) is 7.12. The molecule has 1 aliphatic heterocycles. The van der Waals surface area contributed by atoms with Crippen molar-refractivity contribution < 1.29 is 28.9 Å². The zero-order valence-corrected chi connectivity index (χ0v) is 22.9. The molecule has 0 saturated carbocycles. The Morgan fingerprint density at radius 2 is 1.64 bits per heavy atom. The highest BCUT2D eigenvalue weighted by Crippen LogP contribution is 2.31. The fraction of sp³-hybridized carbons (Fsp3) is 0.355. The molecule has 2 amide bonds. The second-order valence-electron chi connectivity index (χ2n) is 9.94. The first-order valence-corrected chi connectivity index (χ1v) is 13.1. The molecule has 206 valence electrons. The van der Waals surface area contributed by atoms with Crippen LogP contribution in [0.3, 0.4) is 0 Å². The van der Waals surface area contributed by atoms with Crippen molar-refractivity contribution in [3.05, 3.63) is 83.9 Å². The molecule has 3 aromatic rings. The Morgan fingerprint density at radius 3 is 2.31 bits per heavy atom. The second-order valence-corrected chi connectivity index (χ2v) is 9.94. The quantitative estimate of drug-likeness (QED) is 0.488. The summed E-state index contributed by atoms with van der Waals surface area (Å²) < 4.78 is 17.2. The smallest absolute Gasteiger partial charge is 0.415 e. The average molecular weight is 533 g/mol. The van der Waals surface area contributed by atoms with Gasteiger partial charge in [0.05, 0.1) is 39.0 Å². The number of ether oxygens (including phenoxy) is 3. The summed E-state index contributed by atoms with van der Waals surface area (Å²) in [6.07, 6.45) is -0.927. The summed E-state index contributed by atoms with van der Waals surface area (Å²) in [6.45, 7) is 4.56. The maximum Gasteiger partial charge on any atom is 0.415 e. The molecular formula is C31H36N2O6. The highest BCUT2D eigenvalue weighted by atomic mass is 16.6. The van der Waals surface area contributed by atoms with Gasteiger partial charge in [-0.15, -0.1) is 0 Å². The Kier molecular flexibility index (Phi) is 9.22. The van der Waals surface area contributed by atoms with Crippen LogP contribution in [0.1, 0.15) is 29.8 Å². The van der Waals surface area contributed by atoms with E-state index >= 15 is 0 Å². The fourth-order valence-corrected chi connectivity index (χ4v) is 4.72. The molecule has 0 saturated heterocycles. The molecular weight excluding hydrogens is 496 g/mol. The van der Waals surface area contributed by atoms with Crippen molar-refractivity contribution in [1.82, 2.24) is 9.80 Å². The van der Waals surface area contributed by atoms with E-state index in [2.05, 4.69) is 0 Å². The van der Waals surface area contributed by atoms with E-state index in [4.69, 9.17) is 14.2 Å². The Bertz CT molecular complexity index is 1280. The minimum absolute atomic E-state index is 0.151. The molecule has 0 spiro atoms. The van der Waals surface area contributed by atoms with Crippen molar-refractivity contribution in [1.29, 1.82) is 0 Å². The number of aliphatic hydroxyl groups is 1. The lowest BCUT2D eigenvalue weighted by Gasteiger charge is -2.35. The number of methoxy groups -OCH3 is 1. The zero-order valence-electron chi connectivity index (χ0n) is 22.9. The van der Waals surface area contributed by atoms with Gasteiger partial charge in [0.1, 0.15) is 11.5 Å². The lowest BCUT2D eigenvalue weighted by atomic mass is 9.94. The van der Waals surface area contributed by atoms with Gasteiger partial charge in [-0.1, -0.05) is 49.4 Å². The summed E-state index contributed by atoms with van der Waals surface area (Å²) in [5.41, 5.74) is 3.26. The summed E-state index contributed by atoms with van der Waals surface area (Å²) in [7, 11) is 3.24. The van der Waals surface area contributed by atoms with Gasteiger partial charge in [-0.25, -0.2) is 4.79 Å². The van der Waals surface area contributed by atoms with Gasteiger partial charge in [0.25, 0.3) is 5.91 Å². The largest absolute Gasteiger partial charge is 0.497 e. The number of nitrogens with zero attached hydrogens (tertiary/aromatic N) is 2. The molecule has 8 nitrogen and oxygen atoms in total. The molecule has 0 bridgehead atoms. The van der Waals surface area contributed by atoms with Crippen LogP contribution in [-0.4, -0.2) is 72.9 Å². The van der Waals surface area contributed by atoms with E-state index in [1.165, 1.54) is 4.90 Å². The number of aliphatic hydroxyl groups excluding tert-OH is 1. The standard InChI is InChI=1S/C31H36N2O6/c1-21-17-33(22(2)19-34)30(35)28-12-8-7-11-27(28)26-10-6-5-9-23(26)20-38-29(21)18-32(3)31(36)39-25-15-13-24(37-4)14-16-25/h5-16,21-22,29,34H,17-20H2,1-4H3/t21-,22-,29+/m0/s1. The van der Waals surface area contributed by atoms with Gasteiger partial charge < -0.3 is 29.1 Å². The highest BCUT2D eigenvalue weighted by Gasteiger charge is 2.31. The van der Waals surface area contributed by atoms with Crippen LogP contribution in [0.5, 0.6) is 11.5 Å². The van der Waals surface area contributed by atoms with E-state index in [-0.39, 0.29) is 25.0 Å². The minimum atomic E-state index is -0.519. The fourth-order valence-electron chi connectivity index (χ4n) is 4.72. The van der Waals surface area contributed by atoms with Crippen LogP contribution in [0.15, 0.2) is 72.8 Å². The summed E-state index contributed by atoms with van der Waals surface area (Å²) >= 11 is 0. The van der Waals surface area contributed by atoms with E-state index in [1.807, 2.05) is 62.4 Å². The maximum atomic E-state index is 13.9. The van der Waals surface area contributed by atoms with E-state index in [0.29, 0.717) is 30.2 Å². The number of rotatable bonds is 6. The third kappa shape index (κ3) is 6.58. The van der Waals surface area contributed by atoms with Crippen LogP contribution in [0.4, 0.5) is 4.79 Å². The number of carbonyl (C=O) groups excluding carboxylic acids is 2. The zero-order chi connectivity index (χ0) is 27.9. The molecule has 1 heterocycles. The van der Waals surface area contributed by atoms with Crippen molar-refractivity contribution in [3.63, 3.8) is 0 Å². The lowest BCUT2D eigenvalue weighted by Crippen LogP contribution is -2.47. The predicted molar refractivity (Wildman–Crippen MR) is 149 cm³/mol. The second kappa shape index (κ2) is 12.8. The van der Waals surface area contributed by atoms with Crippen LogP contribution < -0.4 is 9.47 Å². The monoisotopic (exact) mass is 532 g/mol. The molecule has 0 aromatic heterocycles. The van der Waals surface area contributed by atoms with Gasteiger partial charge in [0.2, 0.25) is 0 Å². The molecule has 0 aliphatic carbocycles. The molecule has 8 heteroatoms. The van der Waals surface area contributed by atoms with Gasteiger partial charge in [0, 0.05) is 25.1 Å². The molecule has 39 heavy (non-hydrogen) atoms. The molecule has 1 aliphatic rings. The van der Waals surface area contributed by atoms with Gasteiger partial charge >= 0.3 is 6.09 Å². The number of hydrogen-bond acceptors (Lipinski definition) is 6. The normalized spacial score (nSPS) is 18.3. The van der Waals surface area contributed by atoms with E-state index in [9.17, 15) is 14.7 Å². The number of carbonyl (C=O) groups is 2. The first kappa shape index (κ1) is 28.1. The minimum Gasteiger partial charge on any atom is -0.497 e. The first-order valence-electron chi connectivity index (χ1n) is 13.1. The first-order chi connectivity index (χ1) is 18.8. The van der Waals surface area contributed by atoms with E-state index < -0.39 is 18.2 Å². The topological polar surface area (TPSA) is 88.5 Å². The molecule has 1 N–H and O–H groups in total. The summed E-state index contributed by atoms with van der Waals surface area (Å²) in [6, 6.07) is 21.8. The van der Waals surface area contributed by atoms with Crippen LogP contribution in [-0.2, 0) is 11.3 Å². The van der Waals surface area contributed by atoms with Crippen LogP contribution >= 0.6 is 0 Å². The number of hydrogen-bond donors (Lipinski definition) is 1. The van der Waals surface area contributed by atoms with Crippen LogP contribution in [0.25, 0.3) is 11.1 Å². The van der Waals surface area contributed by atoms with Gasteiger partial charge in [-0.2, -0.15) is 0 Å². The summed E-state index contributed by atoms with van der Waals surface area (Å²) in [4.78, 5) is 30.0. The molecule has 3 aromatic carbocycles. The molecule has 0 unspecified atom stereocenters. The van der Waals surface area contributed by atoms with Crippen molar-refractivity contribution in [3.8, 4) is 22.6 Å². The predicted octanol–water partition coefficient (Wildman–Crippen LogP) is 4.85. The van der Waals surface area contributed by atoms with E-state index in [1.54, 1.807) is 43.3 Å². The van der Waals surface area contributed by atoms with Gasteiger partial charge in [-0.3, -0.25) is 4.79 Å². The average Bonchev–Trinajstić information content (AvgIpc) is 2.98.